The van der Waals surface area contributed by atoms with E-state index in [9.17, 15) is 9.59 Å². The second-order valence-corrected chi connectivity index (χ2v) is 5.09. The molecule has 0 bridgehead atoms. The SMILES string of the molecule is CCC1(CNC(=O)C2CCCC2C(N)=O)CO1. The minimum absolute atomic E-state index is 0.0466. The Morgan fingerprint density at radius 3 is 2.59 bits per heavy atom. The number of hydrogen-bond donors (Lipinski definition) is 2. The molecule has 1 aliphatic carbocycles. The molecule has 3 N–H and O–H groups in total. The van der Waals surface area contributed by atoms with Gasteiger partial charge in [0.1, 0.15) is 5.60 Å². The fourth-order valence-corrected chi connectivity index (χ4v) is 2.53. The molecule has 0 spiro atoms. The van der Waals surface area contributed by atoms with Gasteiger partial charge in [-0.3, -0.25) is 9.59 Å². The fourth-order valence-electron chi connectivity index (χ4n) is 2.53. The van der Waals surface area contributed by atoms with Gasteiger partial charge in [0, 0.05) is 18.4 Å². The van der Waals surface area contributed by atoms with Crippen LogP contribution in [0, 0.1) is 11.8 Å². The zero-order valence-corrected chi connectivity index (χ0v) is 10.2. The van der Waals surface area contributed by atoms with Crippen molar-refractivity contribution in [3.05, 3.63) is 0 Å². The van der Waals surface area contributed by atoms with Gasteiger partial charge in [-0.25, -0.2) is 0 Å². The van der Waals surface area contributed by atoms with E-state index in [-0.39, 0.29) is 29.3 Å². The van der Waals surface area contributed by atoms with E-state index in [0.29, 0.717) is 13.2 Å². The first kappa shape index (κ1) is 12.4. The van der Waals surface area contributed by atoms with E-state index in [4.69, 9.17) is 10.5 Å². The van der Waals surface area contributed by atoms with Crippen LogP contribution in [0.5, 0.6) is 0 Å². The van der Waals surface area contributed by atoms with Crippen molar-refractivity contribution in [1.29, 1.82) is 0 Å². The minimum atomic E-state index is -0.351. The maximum absolute atomic E-state index is 12.0. The molecule has 96 valence electrons. The molecular formula is C12H20N2O3. The molecule has 1 saturated carbocycles. The summed E-state index contributed by atoms with van der Waals surface area (Å²) in [6.07, 6.45) is 3.31. The van der Waals surface area contributed by atoms with E-state index in [2.05, 4.69) is 5.32 Å². The Kier molecular flexibility index (Phi) is 3.38. The van der Waals surface area contributed by atoms with Gasteiger partial charge in [0.2, 0.25) is 11.8 Å². The number of ether oxygens (including phenoxy) is 1. The Labute approximate surface area is 101 Å². The Bertz CT molecular complexity index is 326. The van der Waals surface area contributed by atoms with Crippen LogP contribution in [0.15, 0.2) is 0 Å². The Morgan fingerprint density at radius 1 is 1.41 bits per heavy atom. The minimum Gasteiger partial charge on any atom is -0.369 e. The van der Waals surface area contributed by atoms with Crippen LogP contribution in [0.4, 0.5) is 0 Å². The quantitative estimate of drug-likeness (QED) is 0.672. The van der Waals surface area contributed by atoms with Crippen LogP contribution in [0.2, 0.25) is 0 Å². The lowest BCUT2D eigenvalue weighted by Crippen LogP contribution is -2.41. The summed E-state index contributed by atoms with van der Waals surface area (Å²) in [7, 11) is 0. The molecule has 1 aliphatic heterocycles. The molecule has 3 unspecified atom stereocenters. The molecule has 2 fully saturated rings. The predicted octanol–water partition coefficient (Wildman–Crippen LogP) is 0.183. The van der Waals surface area contributed by atoms with Crippen molar-refractivity contribution in [2.75, 3.05) is 13.2 Å². The summed E-state index contributed by atoms with van der Waals surface area (Å²) < 4.78 is 5.33. The number of primary amides is 1. The lowest BCUT2D eigenvalue weighted by atomic mass is 9.94. The smallest absolute Gasteiger partial charge is 0.224 e. The fraction of sp³-hybridized carbons (Fsp3) is 0.833. The zero-order valence-electron chi connectivity index (χ0n) is 10.2. The Hall–Kier alpha value is -1.10. The normalized spacial score (nSPS) is 35.6. The van der Waals surface area contributed by atoms with Crippen LogP contribution in [-0.4, -0.2) is 30.6 Å². The molecule has 0 radical (unpaired) electrons. The lowest BCUT2D eigenvalue weighted by Gasteiger charge is -2.17. The standard InChI is InChI=1S/C12H20N2O3/c1-2-12(7-17-12)6-14-11(16)9-5-3-4-8(9)10(13)15/h8-9H,2-7H2,1H3,(H2,13,15)(H,14,16). The summed E-state index contributed by atoms with van der Waals surface area (Å²) in [5, 5.41) is 2.89. The first-order chi connectivity index (χ1) is 8.08. The molecule has 0 aromatic heterocycles. The number of carbonyl (C=O) groups is 2. The average molecular weight is 240 g/mol. The predicted molar refractivity (Wildman–Crippen MR) is 62.0 cm³/mol. The van der Waals surface area contributed by atoms with Gasteiger partial charge in [-0.15, -0.1) is 0 Å². The van der Waals surface area contributed by atoms with E-state index in [1.807, 2.05) is 6.92 Å². The van der Waals surface area contributed by atoms with Crippen molar-refractivity contribution in [2.24, 2.45) is 17.6 Å². The summed E-state index contributed by atoms with van der Waals surface area (Å²) in [5.74, 6) is -0.919. The molecule has 0 aromatic rings. The van der Waals surface area contributed by atoms with Gasteiger partial charge in [-0.05, 0) is 19.3 Å². The molecule has 0 aromatic carbocycles. The number of amides is 2. The molecule has 17 heavy (non-hydrogen) atoms. The third-order valence-corrected chi connectivity index (χ3v) is 4.00. The third kappa shape index (κ3) is 2.60. The largest absolute Gasteiger partial charge is 0.369 e. The van der Waals surface area contributed by atoms with Gasteiger partial charge in [0.25, 0.3) is 0 Å². The van der Waals surface area contributed by atoms with Crippen molar-refractivity contribution < 1.29 is 14.3 Å². The first-order valence-corrected chi connectivity index (χ1v) is 6.29. The van der Waals surface area contributed by atoms with Crippen LogP contribution in [0.3, 0.4) is 0 Å². The van der Waals surface area contributed by atoms with Gasteiger partial charge in [0.15, 0.2) is 0 Å². The summed E-state index contributed by atoms with van der Waals surface area (Å²) in [6, 6.07) is 0. The van der Waals surface area contributed by atoms with Gasteiger partial charge >= 0.3 is 0 Å². The topological polar surface area (TPSA) is 84.7 Å². The first-order valence-electron chi connectivity index (χ1n) is 6.29. The molecule has 2 amide bonds. The van der Waals surface area contributed by atoms with Crippen LogP contribution in [0.1, 0.15) is 32.6 Å². The van der Waals surface area contributed by atoms with Crippen LogP contribution in [0.25, 0.3) is 0 Å². The zero-order chi connectivity index (χ0) is 12.5. The van der Waals surface area contributed by atoms with Crippen molar-refractivity contribution >= 4 is 11.8 Å². The molecule has 1 heterocycles. The summed E-state index contributed by atoms with van der Waals surface area (Å²) in [5.41, 5.74) is 5.16. The Morgan fingerprint density at radius 2 is 2.06 bits per heavy atom. The molecule has 5 nitrogen and oxygen atoms in total. The molecule has 5 heteroatoms. The van der Waals surface area contributed by atoms with Crippen molar-refractivity contribution in [3.63, 3.8) is 0 Å². The average Bonchev–Trinajstić information content (AvgIpc) is 2.91. The Balaban J connectivity index is 1.85. The van der Waals surface area contributed by atoms with Gasteiger partial charge < -0.3 is 15.8 Å². The highest BCUT2D eigenvalue weighted by Crippen LogP contribution is 2.33. The van der Waals surface area contributed by atoms with E-state index in [1.165, 1.54) is 0 Å². The lowest BCUT2D eigenvalue weighted by molar-refractivity contribution is -0.132. The van der Waals surface area contributed by atoms with E-state index >= 15 is 0 Å². The van der Waals surface area contributed by atoms with Crippen LogP contribution >= 0.6 is 0 Å². The summed E-state index contributed by atoms with van der Waals surface area (Å²) in [6.45, 7) is 3.30. The van der Waals surface area contributed by atoms with E-state index in [0.717, 1.165) is 25.7 Å². The number of epoxide rings is 1. The van der Waals surface area contributed by atoms with Gasteiger partial charge in [-0.1, -0.05) is 13.3 Å². The monoisotopic (exact) mass is 240 g/mol. The number of hydrogen-bond acceptors (Lipinski definition) is 3. The highest BCUT2D eigenvalue weighted by atomic mass is 16.6. The second kappa shape index (κ2) is 4.64. The van der Waals surface area contributed by atoms with E-state index < -0.39 is 0 Å². The number of rotatable bonds is 5. The summed E-state index contributed by atoms with van der Waals surface area (Å²) >= 11 is 0. The van der Waals surface area contributed by atoms with E-state index in [1.54, 1.807) is 0 Å². The maximum atomic E-state index is 12.0. The van der Waals surface area contributed by atoms with Crippen molar-refractivity contribution in [2.45, 2.75) is 38.2 Å². The van der Waals surface area contributed by atoms with Crippen LogP contribution < -0.4 is 11.1 Å². The number of nitrogens with two attached hydrogens (primary N) is 1. The highest BCUT2D eigenvalue weighted by molar-refractivity contribution is 5.87. The second-order valence-electron chi connectivity index (χ2n) is 5.09. The maximum Gasteiger partial charge on any atom is 0.224 e. The molecule has 1 saturated heterocycles. The molecule has 2 rings (SSSR count). The van der Waals surface area contributed by atoms with Gasteiger partial charge in [-0.2, -0.15) is 0 Å². The molecule has 3 atom stereocenters. The molecule has 2 aliphatic rings. The van der Waals surface area contributed by atoms with Crippen molar-refractivity contribution in [3.8, 4) is 0 Å². The molecular weight excluding hydrogens is 220 g/mol. The highest BCUT2D eigenvalue weighted by Gasteiger charge is 2.44. The van der Waals surface area contributed by atoms with Crippen LogP contribution in [-0.2, 0) is 14.3 Å². The van der Waals surface area contributed by atoms with Gasteiger partial charge in [0.05, 0.1) is 6.61 Å². The summed E-state index contributed by atoms with van der Waals surface area (Å²) in [4.78, 5) is 23.2. The van der Waals surface area contributed by atoms with Crippen molar-refractivity contribution in [1.82, 2.24) is 5.32 Å². The number of carbonyl (C=O) groups excluding carboxylic acids is 2. The third-order valence-electron chi connectivity index (χ3n) is 4.00. The number of nitrogens with one attached hydrogen (secondary N) is 1.